The molecule has 5 heteroatoms. The maximum absolute atomic E-state index is 11.7. The Labute approximate surface area is 108 Å². The van der Waals surface area contributed by atoms with Gasteiger partial charge in [-0.05, 0) is 40.3 Å². The maximum Gasteiger partial charge on any atom is 0.242 e. The highest BCUT2D eigenvalue weighted by Crippen LogP contribution is 2.16. The zero-order valence-electron chi connectivity index (χ0n) is 9.26. The van der Waals surface area contributed by atoms with Gasteiger partial charge in [-0.3, -0.25) is 4.79 Å². The summed E-state index contributed by atoms with van der Waals surface area (Å²) in [6.45, 7) is 0.634. The fraction of sp³-hybridized carbons (Fsp3) is 0.250. The van der Waals surface area contributed by atoms with Crippen LogP contribution in [-0.4, -0.2) is 12.5 Å². The topological polar surface area (TPSA) is 55.1 Å². The van der Waals surface area contributed by atoms with E-state index in [-0.39, 0.29) is 5.91 Å². The Balaban J connectivity index is 1.77. The van der Waals surface area contributed by atoms with Gasteiger partial charge in [-0.2, -0.15) is 11.3 Å². The van der Waals surface area contributed by atoms with Crippen LogP contribution in [0, 0.1) is 0 Å². The predicted molar refractivity (Wildman–Crippen MR) is 72.3 cm³/mol. The van der Waals surface area contributed by atoms with E-state index in [2.05, 4.69) is 16.8 Å². The summed E-state index contributed by atoms with van der Waals surface area (Å²) < 4.78 is 0. The minimum Gasteiger partial charge on any atom is -0.354 e. The van der Waals surface area contributed by atoms with Crippen LogP contribution < -0.4 is 11.1 Å². The standard InChI is InChI=1S/C12H14N2OS2/c13-11(10-2-1-6-17-10)12(15)14-5-3-9-4-7-16-8-9/h1-2,4,6-8,11H,3,5,13H2,(H,14,15). The van der Waals surface area contributed by atoms with Gasteiger partial charge in [0.1, 0.15) is 6.04 Å². The fourth-order valence-electron chi connectivity index (χ4n) is 1.47. The Morgan fingerprint density at radius 3 is 2.94 bits per heavy atom. The summed E-state index contributed by atoms with van der Waals surface area (Å²) in [5.74, 6) is -0.109. The highest BCUT2D eigenvalue weighted by Gasteiger charge is 2.15. The molecule has 3 nitrogen and oxygen atoms in total. The molecule has 2 heterocycles. The monoisotopic (exact) mass is 266 g/mol. The lowest BCUT2D eigenvalue weighted by atomic mass is 10.2. The third-order valence-electron chi connectivity index (χ3n) is 2.43. The first-order valence-corrected chi connectivity index (χ1v) is 7.17. The van der Waals surface area contributed by atoms with Crippen molar-refractivity contribution in [2.45, 2.75) is 12.5 Å². The number of nitrogens with two attached hydrogens (primary N) is 1. The highest BCUT2D eigenvalue weighted by molar-refractivity contribution is 7.10. The van der Waals surface area contributed by atoms with E-state index in [1.54, 1.807) is 11.3 Å². The molecule has 0 saturated carbocycles. The van der Waals surface area contributed by atoms with Crippen LogP contribution in [0.3, 0.4) is 0 Å². The molecule has 90 valence electrons. The molecule has 2 aromatic heterocycles. The normalized spacial score (nSPS) is 12.3. The largest absolute Gasteiger partial charge is 0.354 e. The van der Waals surface area contributed by atoms with E-state index in [0.29, 0.717) is 6.54 Å². The summed E-state index contributed by atoms with van der Waals surface area (Å²) >= 11 is 3.17. The second kappa shape index (κ2) is 5.95. The van der Waals surface area contributed by atoms with Crippen molar-refractivity contribution in [1.29, 1.82) is 0 Å². The molecule has 0 spiro atoms. The Hall–Kier alpha value is -1.17. The molecule has 0 bridgehead atoms. The molecule has 2 rings (SSSR count). The van der Waals surface area contributed by atoms with Gasteiger partial charge in [-0.15, -0.1) is 11.3 Å². The Bertz CT molecular complexity index is 451. The van der Waals surface area contributed by atoms with E-state index >= 15 is 0 Å². The van der Waals surface area contributed by atoms with Crippen molar-refractivity contribution in [2.24, 2.45) is 5.73 Å². The van der Waals surface area contributed by atoms with Crippen LogP contribution in [0.25, 0.3) is 0 Å². The second-order valence-corrected chi connectivity index (χ2v) is 5.43. The van der Waals surface area contributed by atoms with Gasteiger partial charge in [0.2, 0.25) is 5.91 Å². The van der Waals surface area contributed by atoms with E-state index in [0.717, 1.165) is 11.3 Å². The van der Waals surface area contributed by atoms with Gasteiger partial charge in [0, 0.05) is 11.4 Å². The van der Waals surface area contributed by atoms with Crippen molar-refractivity contribution < 1.29 is 4.79 Å². The molecule has 0 saturated heterocycles. The molecule has 0 aliphatic rings. The molecule has 0 aliphatic heterocycles. The van der Waals surface area contributed by atoms with E-state index in [1.165, 1.54) is 16.9 Å². The summed E-state index contributed by atoms with van der Waals surface area (Å²) in [6, 6.07) is 5.31. The second-order valence-electron chi connectivity index (χ2n) is 3.67. The molecule has 1 unspecified atom stereocenters. The number of amides is 1. The molecule has 17 heavy (non-hydrogen) atoms. The van der Waals surface area contributed by atoms with Gasteiger partial charge < -0.3 is 11.1 Å². The number of nitrogens with one attached hydrogen (secondary N) is 1. The first-order valence-electron chi connectivity index (χ1n) is 5.35. The van der Waals surface area contributed by atoms with Crippen LogP contribution >= 0.6 is 22.7 Å². The minimum atomic E-state index is -0.544. The summed E-state index contributed by atoms with van der Waals surface area (Å²) in [5.41, 5.74) is 7.09. The highest BCUT2D eigenvalue weighted by atomic mass is 32.1. The van der Waals surface area contributed by atoms with Crippen molar-refractivity contribution in [3.8, 4) is 0 Å². The summed E-state index contributed by atoms with van der Waals surface area (Å²) in [4.78, 5) is 12.6. The summed E-state index contributed by atoms with van der Waals surface area (Å²) in [7, 11) is 0. The molecule has 0 fully saturated rings. The molecule has 2 aromatic rings. The molecular formula is C12H14N2OS2. The van der Waals surface area contributed by atoms with E-state index < -0.39 is 6.04 Å². The quantitative estimate of drug-likeness (QED) is 0.871. The zero-order valence-corrected chi connectivity index (χ0v) is 10.9. The Morgan fingerprint density at radius 2 is 2.29 bits per heavy atom. The van der Waals surface area contributed by atoms with Crippen LogP contribution in [0.15, 0.2) is 34.3 Å². The van der Waals surface area contributed by atoms with Crippen LogP contribution in [0.2, 0.25) is 0 Å². The zero-order chi connectivity index (χ0) is 12.1. The van der Waals surface area contributed by atoms with Gasteiger partial charge in [-0.1, -0.05) is 6.07 Å². The predicted octanol–water partition coefficient (Wildman–Crippen LogP) is 2.17. The number of carbonyl (C=O) groups excluding carboxylic acids is 1. The van der Waals surface area contributed by atoms with Crippen molar-refractivity contribution >= 4 is 28.6 Å². The van der Waals surface area contributed by atoms with E-state index in [9.17, 15) is 4.79 Å². The Kier molecular flexibility index (Phi) is 4.30. The number of carbonyl (C=O) groups is 1. The first kappa shape index (κ1) is 12.3. The van der Waals surface area contributed by atoms with Crippen LogP contribution in [0.1, 0.15) is 16.5 Å². The van der Waals surface area contributed by atoms with E-state index in [1.807, 2.05) is 22.9 Å². The summed E-state index contributed by atoms with van der Waals surface area (Å²) in [6.07, 6.45) is 0.854. The van der Waals surface area contributed by atoms with Gasteiger partial charge in [0.25, 0.3) is 0 Å². The average Bonchev–Trinajstić information content (AvgIpc) is 3.00. The van der Waals surface area contributed by atoms with Crippen molar-refractivity contribution in [3.05, 3.63) is 44.8 Å². The lowest BCUT2D eigenvalue weighted by molar-refractivity contribution is -0.122. The smallest absolute Gasteiger partial charge is 0.242 e. The number of hydrogen-bond donors (Lipinski definition) is 2. The number of rotatable bonds is 5. The lowest BCUT2D eigenvalue weighted by Crippen LogP contribution is -2.34. The summed E-state index contributed by atoms with van der Waals surface area (Å²) in [5, 5.41) is 8.91. The maximum atomic E-state index is 11.7. The number of thiophene rings is 2. The molecule has 1 amide bonds. The molecule has 3 N–H and O–H groups in total. The average molecular weight is 266 g/mol. The van der Waals surface area contributed by atoms with Gasteiger partial charge >= 0.3 is 0 Å². The third-order valence-corrected chi connectivity index (χ3v) is 4.11. The third kappa shape index (κ3) is 3.39. The van der Waals surface area contributed by atoms with Crippen LogP contribution in [0.5, 0.6) is 0 Å². The van der Waals surface area contributed by atoms with Crippen molar-refractivity contribution in [2.75, 3.05) is 6.54 Å². The first-order chi connectivity index (χ1) is 8.27. The van der Waals surface area contributed by atoms with Crippen LogP contribution in [0.4, 0.5) is 0 Å². The SMILES string of the molecule is NC(C(=O)NCCc1ccsc1)c1cccs1. The fourth-order valence-corrected chi connectivity index (χ4v) is 2.90. The van der Waals surface area contributed by atoms with Crippen LogP contribution in [-0.2, 0) is 11.2 Å². The lowest BCUT2D eigenvalue weighted by Gasteiger charge is -2.10. The Morgan fingerprint density at radius 1 is 1.41 bits per heavy atom. The minimum absolute atomic E-state index is 0.109. The van der Waals surface area contributed by atoms with Gasteiger partial charge in [0.05, 0.1) is 0 Å². The van der Waals surface area contributed by atoms with E-state index in [4.69, 9.17) is 5.73 Å². The molecular weight excluding hydrogens is 252 g/mol. The van der Waals surface area contributed by atoms with Gasteiger partial charge in [-0.25, -0.2) is 0 Å². The molecule has 0 radical (unpaired) electrons. The van der Waals surface area contributed by atoms with Gasteiger partial charge in [0.15, 0.2) is 0 Å². The molecule has 0 aromatic carbocycles. The molecule has 0 aliphatic carbocycles. The molecule has 1 atom stereocenters. The van der Waals surface area contributed by atoms with Crippen molar-refractivity contribution in [1.82, 2.24) is 5.32 Å². The number of hydrogen-bond acceptors (Lipinski definition) is 4. The van der Waals surface area contributed by atoms with Crippen molar-refractivity contribution in [3.63, 3.8) is 0 Å².